The Bertz CT molecular complexity index is 552. The van der Waals surface area contributed by atoms with Crippen LogP contribution in [0.25, 0.3) is 0 Å². The van der Waals surface area contributed by atoms with Crippen LogP contribution in [-0.2, 0) is 0 Å². The van der Waals surface area contributed by atoms with Crippen LogP contribution < -0.4 is 5.32 Å². The quantitative estimate of drug-likeness (QED) is 0.886. The first-order valence-corrected chi connectivity index (χ1v) is 9.09. The van der Waals surface area contributed by atoms with E-state index in [9.17, 15) is 14.3 Å². The van der Waals surface area contributed by atoms with Gasteiger partial charge in [0.05, 0.1) is 6.04 Å². The van der Waals surface area contributed by atoms with E-state index in [-0.39, 0.29) is 24.5 Å². The molecule has 3 rings (SSSR count). The number of benzene rings is 1. The number of aliphatic hydroxyl groups excluding tert-OH is 1. The maximum absolute atomic E-state index is 13.6. The van der Waals surface area contributed by atoms with Crippen LogP contribution in [0.3, 0.4) is 0 Å². The molecular formula is C19H27FN2O2. The van der Waals surface area contributed by atoms with Gasteiger partial charge in [0.1, 0.15) is 5.82 Å². The van der Waals surface area contributed by atoms with E-state index >= 15 is 0 Å². The number of nitrogens with zero attached hydrogens (tertiary/aromatic N) is 1. The van der Waals surface area contributed by atoms with E-state index in [0.717, 1.165) is 31.2 Å². The molecule has 0 aromatic heterocycles. The molecule has 0 bridgehead atoms. The van der Waals surface area contributed by atoms with Crippen molar-refractivity contribution in [3.63, 3.8) is 0 Å². The van der Waals surface area contributed by atoms with Crippen molar-refractivity contribution in [2.24, 2.45) is 11.8 Å². The van der Waals surface area contributed by atoms with Gasteiger partial charge in [-0.1, -0.05) is 25.0 Å². The van der Waals surface area contributed by atoms with Gasteiger partial charge in [0.2, 0.25) is 0 Å². The van der Waals surface area contributed by atoms with Gasteiger partial charge in [0, 0.05) is 19.7 Å². The van der Waals surface area contributed by atoms with Crippen molar-refractivity contribution in [1.82, 2.24) is 10.2 Å². The number of piperidine rings is 1. The molecule has 5 heteroatoms. The fraction of sp³-hybridized carbons (Fsp3) is 0.632. The van der Waals surface area contributed by atoms with Gasteiger partial charge < -0.3 is 15.3 Å². The molecule has 1 saturated heterocycles. The summed E-state index contributed by atoms with van der Waals surface area (Å²) in [5.41, 5.74) is 0.862. The van der Waals surface area contributed by atoms with Crippen LogP contribution in [-0.4, -0.2) is 35.7 Å². The molecule has 1 saturated carbocycles. The molecule has 2 amide bonds. The van der Waals surface area contributed by atoms with Gasteiger partial charge in [0.15, 0.2) is 0 Å². The lowest BCUT2D eigenvalue weighted by Gasteiger charge is -2.34. The van der Waals surface area contributed by atoms with Crippen molar-refractivity contribution in [1.29, 1.82) is 0 Å². The van der Waals surface area contributed by atoms with Gasteiger partial charge in [-0.05, 0) is 55.2 Å². The molecule has 2 N–H and O–H groups in total. The highest BCUT2D eigenvalue weighted by Crippen LogP contribution is 2.36. The molecule has 2 aliphatic rings. The van der Waals surface area contributed by atoms with E-state index in [1.807, 2.05) is 11.0 Å². The zero-order valence-electron chi connectivity index (χ0n) is 14.1. The predicted octanol–water partition coefficient (Wildman–Crippen LogP) is 3.47. The first-order chi connectivity index (χ1) is 11.7. The van der Waals surface area contributed by atoms with E-state index in [0.29, 0.717) is 24.9 Å². The lowest BCUT2D eigenvalue weighted by atomic mass is 9.91. The summed E-state index contributed by atoms with van der Waals surface area (Å²) in [6.45, 7) is 1.55. The molecule has 0 spiro atoms. The maximum Gasteiger partial charge on any atom is 0.317 e. The second-order valence-corrected chi connectivity index (χ2v) is 7.14. The lowest BCUT2D eigenvalue weighted by Crippen LogP contribution is -2.47. The van der Waals surface area contributed by atoms with Crippen LogP contribution >= 0.6 is 0 Å². The molecule has 2 fully saturated rings. The molecule has 1 aliphatic heterocycles. The summed E-state index contributed by atoms with van der Waals surface area (Å²) < 4.78 is 13.6. The molecule has 1 aromatic rings. The number of urea groups is 1. The van der Waals surface area contributed by atoms with Gasteiger partial charge in [-0.15, -0.1) is 0 Å². The molecule has 4 nitrogen and oxygen atoms in total. The maximum atomic E-state index is 13.6. The van der Waals surface area contributed by atoms with Crippen molar-refractivity contribution in [2.75, 3.05) is 19.7 Å². The Hall–Kier alpha value is -1.62. The zero-order valence-corrected chi connectivity index (χ0v) is 14.1. The standard InChI is InChI=1S/C19H27FN2O2/c20-17-7-3-6-16(12-17)18(15-4-1-2-5-15)21-19(24)22-10-8-14(13-23)9-11-22/h3,6-7,12,14-15,18,23H,1-2,4-5,8-11,13H2,(H,21,24). The van der Waals surface area contributed by atoms with E-state index in [1.165, 1.54) is 18.9 Å². The van der Waals surface area contributed by atoms with Gasteiger partial charge in [0.25, 0.3) is 0 Å². The number of carbonyl (C=O) groups excluding carboxylic acids is 1. The Labute approximate surface area is 143 Å². The highest BCUT2D eigenvalue weighted by Gasteiger charge is 2.30. The second kappa shape index (κ2) is 7.97. The van der Waals surface area contributed by atoms with Gasteiger partial charge in [-0.25, -0.2) is 9.18 Å². The number of amides is 2. The largest absolute Gasteiger partial charge is 0.396 e. The average Bonchev–Trinajstić information content (AvgIpc) is 3.14. The number of halogens is 1. The molecule has 1 heterocycles. The Kier molecular flexibility index (Phi) is 5.72. The lowest BCUT2D eigenvalue weighted by molar-refractivity contribution is 0.133. The van der Waals surface area contributed by atoms with Gasteiger partial charge >= 0.3 is 6.03 Å². The molecule has 0 radical (unpaired) electrons. The van der Waals surface area contributed by atoms with E-state index in [1.54, 1.807) is 12.1 Å². The molecule has 1 aromatic carbocycles. The van der Waals surface area contributed by atoms with Crippen LogP contribution in [0.5, 0.6) is 0 Å². The third kappa shape index (κ3) is 4.07. The summed E-state index contributed by atoms with van der Waals surface area (Å²) in [6, 6.07) is 6.42. The van der Waals surface area contributed by atoms with Crippen molar-refractivity contribution in [2.45, 2.75) is 44.6 Å². The number of hydrogen-bond acceptors (Lipinski definition) is 2. The zero-order chi connectivity index (χ0) is 16.9. The normalized spacial score (nSPS) is 21.0. The van der Waals surface area contributed by atoms with Crippen LogP contribution in [0.1, 0.15) is 50.1 Å². The van der Waals surface area contributed by atoms with Crippen LogP contribution in [0.4, 0.5) is 9.18 Å². The highest BCUT2D eigenvalue weighted by atomic mass is 19.1. The third-order valence-corrected chi connectivity index (χ3v) is 5.52. The smallest absolute Gasteiger partial charge is 0.317 e. The Morgan fingerprint density at radius 1 is 1.25 bits per heavy atom. The van der Waals surface area contributed by atoms with Crippen molar-refractivity contribution >= 4 is 6.03 Å². The number of carbonyl (C=O) groups is 1. The molecule has 1 atom stereocenters. The highest BCUT2D eigenvalue weighted by molar-refractivity contribution is 5.75. The molecule has 1 unspecified atom stereocenters. The second-order valence-electron chi connectivity index (χ2n) is 7.14. The van der Waals surface area contributed by atoms with Crippen molar-refractivity contribution in [3.05, 3.63) is 35.6 Å². The summed E-state index contributed by atoms with van der Waals surface area (Å²) in [5, 5.41) is 12.4. The Morgan fingerprint density at radius 2 is 1.96 bits per heavy atom. The molecular weight excluding hydrogens is 307 g/mol. The fourth-order valence-electron chi connectivity index (χ4n) is 4.01. The van der Waals surface area contributed by atoms with Gasteiger partial charge in [-0.3, -0.25) is 0 Å². The monoisotopic (exact) mass is 334 g/mol. The van der Waals surface area contributed by atoms with Crippen LogP contribution in [0.2, 0.25) is 0 Å². The van der Waals surface area contributed by atoms with E-state index in [2.05, 4.69) is 5.32 Å². The minimum Gasteiger partial charge on any atom is -0.396 e. The molecule has 132 valence electrons. The summed E-state index contributed by atoms with van der Waals surface area (Å²) in [4.78, 5) is 14.5. The summed E-state index contributed by atoms with van der Waals surface area (Å²) in [6.07, 6.45) is 6.19. The van der Waals surface area contributed by atoms with Crippen molar-refractivity contribution < 1.29 is 14.3 Å². The van der Waals surface area contributed by atoms with E-state index < -0.39 is 0 Å². The molecule has 24 heavy (non-hydrogen) atoms. The fourth-order valence-corrected chi connectivity index (χ4v) is 4.01. The number of nitrogens with one attached hydrogen (secondary N) is 1. The minimum atomic E-state index is -0.256. The minimum absolute atomic E-state index is 0.0625. The third-order valence-electron chi connectivity index (χ3n) is 5.52. The number of likely N-dealkylation sites (tertiary alicyclic amines) is 1. The Morgan fingerprint density at radius 3 is 2.58 bits per heavy atom. The first-order valence-electron chi connectivity index (χ1n) is 9.09. The first kappa shape index (κ1) is 17.2. The summed E-state index contributed by atoms with van der Waals surface area (Å²) in [5.74, 6) is 0.433. The summed E-state index contributed by atoms with van der Waals surface area (Å²) >= 11 is 0. The van der Waals surface area contributed by atoms with E-state index in [4.69, 9.17) is 0 Å². The Balaban J connectivity index is 1.68. The molecule has 1 aliphatic carbocycles. The topological polar surface area (TPSA) is 52.6 Å². The predicted molar refractivity (Wildman–Crippen MR) is 91.0 cm³/mol. The van der Waals surface area contributed by atoms with Crippen molar-refractivity contribution in [3.8, 4) is 0 Å². The average molecular weight is 334 g/mol. The number of aliphatic hydroxyl groups is 1. The van der Waals surface area contributed by atoms with Gasteiger partial charge in [-0.2, -0.15) is 0 Å². The van der Waals surface area contributed by atoms with Crippen LogP contribution in [0, 0.1) is 17.7 Å². The summed E-state index contributed by atoms with van der Waals surface area (Å²) in [7, 11) is 0. The number of hydrogen-bond donors (Lipinski definition) is 2. The number of rotatable bonds is 4. The SMILES string of the molecule is O=C(NC(c1cccc(F)c1)C1CCCC1)N1CCC(CO)CC1. The van der Waals surface area contributed by atoms with Crippen LogP contribution in [0.15, 0.2) is 24.3 Å².